The van der Waals surface area contributed by atoms with Crippen LogP contribution in [0.5, 0.6) is 0 Å². The van der Waals surface area contributed by atoms with Crippen molar-refractivity contribution in [2.45, 2.75) is 0 Å². The van der Waals surface area contributed by atoms with Crippen molar-refractivity contribution in [3.8, 4) is 4.97 Å². The number of nitriles is 1. The van der Waals surface area contributed by atoms with Crippen LogP contribution < -0.4 is 0 Å². The van der Waals surface area contributed by atoms with Gasteiger partial charge in [-0.1, -0.05) is 0 Å². The van der Waals surface area contributed by atoms with E-state index in [1.54, 1.807) is 21.0 Å². The van der Waals surface area contributed by atoms with Crippen LogP contribution in [-0.4, -0.2) is 16.0 Å². The normalized spacial score (nSPS) is 2.00. The third kappa shape index (κ3) is 15.0. The van der Waals surface area contributed by atoms with E-state index in [0.717, 1.165) is 0 Å². The third-order valence-corrected chi connectivity index (χ3v) is 0. The molecule has 0 saturated heterocycles. The second-order valence-electron chi connectivity index (χ2n) is 0.100. The van der Waals surface area contributed by atoms with Crippen LogP contribution in [0.15, 0.2) is 0 Å². The van der Waals surface area contributed by atoms with E-state index in [0.29, 0.717) is 0 Å². The topological polar surface area (TPSA) is 23.8 Å². The van der Waals surface area contributed by atoms with Crippen molar-refractivity contribution in [2.24, 2.45) is 0 Å². The van der Waals surface area contributed by atoms with Gasteiger partial charge in [-0.15, -0.1) is 0 Å². The molecule has 0 aromatic heterocycles. The molecule has 1 nitrogen and oxygen atoms in total. The number of rotatable bonds is 0. The Labute approximate surface area is 48.7 Å². The van der Waals surface area contributed by atoms with Crippen molar-refractivity contribution >= 4 is 16.0 Å². The molecule has 27 valence electrons. The van der Waals surface area contributed by atoms with E-state index in [1.165, 1.54) is 0 Å². The van der Waals surface area contributed by atoms with Crippen molar-refractivity contribution in [2.75, 3.05) is 0 Å². The van der Waals surface area contributed by atoms with E-state index in [1.807, 2.05) is 0 Å². The average molecular weight is 214 g/mol. The van der Waals surface area contributed by atoms with Gasteiger partial charge < -0.3 is 0 Å². The van der Waals surface area contributed by atoms with Crippen molar-refractivity contribution in [3.63, 3.8) is 0 Å². The molecule has 0 atom stereocenters. The summed E-state index contributed by atoms with van der Waals surface area (Å²) in [5.74, 6) is 0. The number of hydrogen-bond acceptors (Lipinski definition) is 1. The molecule has 0 heterocycles. The van der Waals surface area contributed by atoms with E-state index in [9.17, 15) is 0 Å². The molecule has 1 radical (unpaired) electrons. The zero-order valence-corrected chi connectivity index (χ0v) is 5.05. The maximum atomic E-state index is 7.29. The largest absolute Gasteiger partial charge is 0 e. The summed E-state index contributed by atoms with van der Waals surface area (Å²) in [7, 11) is 0. The first-order valence-corrected chi connectivity index (χ1v) is 1.39. The molecule has 0 aliphatic rings. The average Bonchev–Trinajstić information content (AvgIpc) is 0.918. The standard InChI is InChI=1S/CHNSe.Ag/c2-1-3;/h3H;. The van der Waals surface area contributed by atoms with Crippen molar-refractivity contribution in [1.82, 2.24) is 0 Å². The van der Waals surface area contributed by atoms with E-state index in [-0.39, 0.29) is 22.4 Å². The summed E-state index contributed by atoms with van der Waals surface area (Å²) in [5, 5.41) is 7.29. The van der Waals surface area contributed by atoms with Crippen molar-refractivity contribution in [1.29, 1.82) is 5.26 Å². The number of nitrogens with zero attached hydrogens (tertiary/aromatic N) is 1. The van der Waals surface area contributed by atoms with Crippen LogP contribution in [0.4, 0.5) is 0 Å². The maximum Gasteiger partial charge on any atom is 0 e. The smallest absolute Gasteiger partial charge is 0 e. The predicted molar refractivity (Wildman–Crippen MR) is 12.8 cm³/mol. The van der Waals surface area contributed by atoms with Crippen LogP contribution in [0, 0.1) is 10.2 Å². The van der Waals surface area contributed by atoms with E-state index < -0.39 is 0 Å². The zero-order valence-electron chi connectivity index (χ0n) is 1.70. The van der Waals surface area contributed by atoms with Gasteiger partial charge in [0.2, 0.25) is 0 Å². The molecule has 0 bridgehead atoms. The Bertz CT molecular complexity index is 29.5. The molecule has 4 heavy (non-hydrogen) atoms. The molecular weight excluding hydrogens is 213 g/mol. The minimum atomic E-state index is 0. The van der Waals surface area contributed by atoms with Gasteiger partial charge in [-0.3, -0.25) is 0 Å². The monoisotopic (exact) mass is 214 g/mol. The fourth-order valence-corrected chi connectivity index (χ4v) is 0. The van der Waals surface area contributed by atoms with E-state index in [4.69, 9.17) is 5.26 Å². The minimum Gasteiger partial charge on any atom is 0 e. The molecule has 0 spiro atoms. The Hall–Kier alpha value is 0.750. The summed E-state index contributed by atoms with van der Waals surface area (Å²) in [4.78, 5) is 1.69. The third-order valence-electron chi connectivity index (χ3n) is 0. The molecule has 0 unspecified atom stereocenters. The Balaban J connectivity index is 0. The van der Waals surface area contributed by atoms with Gasteiger partial charge in [-0.05, 0) is 0 Å². The van der Waals surface area contributed by atoms with Gasteiger partial charge >= 0.3 is 26.2 Å². The first-order valence-electron chi connectivity index (χ1n) is 0.447. The maximum absolute atomic E-state index is 7.29. The summed E-state index contributed by atoms with van der Waals surface area (Å²) in [6, 6.07) is 0. The van der Waals surface area contributed by atoms with Crippen LogP contribution in [0.1, 0.15) is 0 Å². The van der Waals surface area contributed by atoms with Gasteiger partial charge in [-0.2, -0.15) is 0 Å². The summed E-state index contributed by atoms with van der Waals surface area (Å²) >= 11 is 1.77. The molecule has 0 aliphatic carbocycles. The quantitative estimate of drug-likeness (QED) is 0.492. The van der Waals surface area contributed by atoms with Gasteiger partial charge in [0.15, 0.2) is 0 Å². The van der Waals surface area contributed by atoms with Crippen LogP contribution >= 0.6 is 0 Å². The summed E-state index contributed by atoms with van der Waals surface area (Å²) in [6.07, 6.45) is 0. The van der Waals surface area contributed by atoms with Crippen molar-refractivity contribution < 1.29 is 22.4 Å². The molecule has 0 fully saturated rings. The molecule has 0 aromatic rings. The molecule has 0 aliphatic heterocycles. The van der Waals surface area contributed by atoms with Crippen LogP contribution in [-0.2, 0) is 22.4 Å². The van der Waals surface area contributed by atoms with Crippen LogP contribution in [0.2, 0.25) is 0 Å². The van der Waals surface area contributed by atoms with Crippen molar-refractivity contribution in [3.05, 3.63) is 0 Å². The number of hydrogen-bond donors (Lipinski definition) is 0. The zero-order chi connectivity index (χ0) is 2.71. The molecule has 0 aromatic carbocycles. The first-order chi connectivity index (χ1) is 1.41. The predicted octanol–water partition coefficient (Wildman–Crippen LogP) is -0.634. The fourth-order valence-electron chi connectivity index (χ4n) is 0. The first kappa shape index (κ1) is 8.83. The second-order valence-corrected chi connectivity index (χ2v) is 0.520. The second kappa shape index (κ2) is 9.26. The fraction of sp³-hybridized carbons (Fsp3) is 0. The summed E-state index contributed by atoms with van der Waals surface area (Å²) in [6.45, 7) is 0. The Morgan fingerprint density at radius 1 is 1.75 bits per heavy atom. The minimum absolute atomic E-state index is 0. The summed E-state index contributed by atoms with van der Waals surface area (Å²) in [5.41, 5.74) is 0. The molecule has 0 saturated carbocycles. The Morgan fingerprint density at radius 2 is 1.75 bits per heavy atom. The van der Waals surface area contributed by atoms with Gasteiger partial charge in [0.1, 0.15) is 0 Å². The van der Waals surface area contributed by atoms with E-state index >= 15 is 0 Å². The van der Waals surface area contributed by atoms with Crippen LogP contribution in [0.25, 0.3) is 0 Å². The molecular formula is CHAgNSe. The Kier molecular flexibility index (Phi) is 20.4. The summed E-state index contributed by atoms with van der Waals surface area (Å²) < 4.78 is 0. The molecule has 3 heteroatoms. The Morgan fingerprint density at radius 3 is 1.75 bits per heavy atom. The van der Waals surface area contributed by atoms with Gasteiger partial charge in [0.25, 0.3) is 0 Å². The molecule has 0 amide bonds. The molecule has 0 N–H and O–H groups in total. The SMILES string of the molecule is N#C[SeH].[Ag]. The van der Waals surface area contributed by atoms with Gasteiger partial charge in [-0.25, -0.2) is 0 Å². The van der Waals surface area contributed by atoms with Crippen LogP contribution in [0.3, 0.4) is 0 Å². The van der Waals surface area contributed by atoms with E-state index in [2.05, 4.69) is 0 Å². The molecule has 0 rings (SSSR count). The van der Waals surface area contributed by atoms with Gasteiger partial charge in [0, 0.05) is 22.4 Å². The van der Waals surface area contributed by atoms with Gasteiger partial charge in [0.05, 0.1) is 0 Å².